The van der Waals surface area contributed by atoms with E-state index in [1.165, 1.54) is 10.5 Å². The normalized spacial score (nSPS) is 26.5. The highest BCUT2D eigenvalue weighted by atomic mass is 32.2. The second kappa shape index (κ2) is 4.42. The maximum atomic E-state index is 5.66. The summed E-state index contributed by atoms with van der Waals surface area (Å²) in [6, 6.07) is 4.69. The van der Waals surface area contributed by atoms with Crippen LogP contribution in [0.2, 0.25) is 0 Å². The van der Waals surface area contributed by atoms with Gasteiger partial charge in [-0.15, -0.1) is 11.8 Å². The molecule has 0 fully saturated rings. The molecule has 0 aliphatic carbocycles. The van der Waals surface area contributed by atoms with Crippen LogP contribution in [-0.2, 0) is 0 Å². The van der Waals surface area contributed by atoms with Gasteiger partial charge >= 0.3 is 0 Å². The van der Waals surface area contributed by atoms with Gasteiger partial charge in [-0.25, -0.2) is 0 Å². The zero-order chi connectivity index (χ0) is 11.8. The summed E-state index contributed by atoms with van der Waals surface area (Å²) in [5, 5.41) is 3.41. The van der Waals surface area contributed by atoms with E-state index in [-0.39, 0.29) is 0 Å². The number of hydrogen-bond donors (Lipinski definition) is 1. The first-order chi connectivity index (χ1) is 8.29. The van der Waals surface area contributed by atoms with Gasteiger partial charge in [-0.2, -0.15) is 0 Å². The maximum absolute atomic E-state index is 5.66. The molecule has 2 atom stereocenters. The fraction of sp³-hybridized carbons (Fsp3) is 0.538. The number of nitrogens with one attached hydrogen (secondary N) is 1. The average molecular weight is 251 g/mol. The number of ether oxygens (including phenoxy) is 2. The van der Waals surface area contributed by atoms with Crippen LogP contribution in [0.3, 0.4) is 0 Å². The Kier molecular flexibility index (Phi) is 2.92. The van der Waals surface area contributed by atoms with Crippen molar-refractivity contribution in [3.63, 3.8) is 0 Å². The van der Waals surface area contributed by atoms with E-state index in [1.54, 1.807) is 0 Å². The predicted molar refractivity (Wildman–Crippen MR) is 69.1 cm³/mol. The molecule has 2 aliphatic rings. The van der Waals surface area contributed by atoms with Gasteiger partial charge < -0.3 is 14.8 Å². The second-order valence-corrected chi connectivity index (χ2v) is 5.65. The molecular formula is C13H17NO2S. The summed E-state index contributed by atoms with van der Waals surface area (Å²) >= 11 is 1.91. The van der Waals surface area contributed by atoms with Gasteiger partial charge in [0.2, 0.25) is 0 Å². The summed E-state index contributed by atoms with van der Waals surface area (Å²) in [5.41, 5.74) is 1.35. The number of benzene rings is 1. The summed E-state index contributed by atoms with van der Waals surface area (Å²) in [6.45, 7) is 3.59. The van der Waals surface area contributed by atoms with Gasteiger partial charge in [0.05, 0.1) is 0 Å². The van der Waals surface area contributed by atoms with E-state index in [2.05, 4.69) is 24.4 Å². The molecule has 0 radical (unpaired) electrons. The van der Waals surface area contributed by atoms with Crippen LogP contribution in [0.25, 0.3) is 0 Å². The van der Waals surface area contributed by atoms with Crippen molar-refractivity contribution in [3.8, 4) is 11.5 Å². The Labute approximate surface area is 106 Å². The molecule has 1 aromatic carbocycles. The summed E-state index contributed by atoms with van der Waals surface area (Å²) < 4.78 is 11.3. The van der Waals surface area contributed by atoms with Gasteiger partial charge in [0, 0.05) is 16.7 Å². The van der Waals surface area contributed by atoms with Crippen LogP contribution < -0.4 is 14.8 Å². The smallest absolute Gasteiger partial charge is 0.162 e. The van der Waals surface area contributed by atoms with Crippen molar-refractivity contribution in [1.82, 2.24) is 5.32 Å². The first-order valence-corrected chi connectivity index (χ1v) is 7.01. The van der Waals surface area contributed by atoms with Crippen LogP contribution in [0.5, 0.6) is 11.5 Å². The maximum Gasteiger partial charge on any atom is 0.162 e. The zero-order valence-electron chi connectivity index (χ0n) is 10.2. The van der Waals surface area contributed by atoms with Gasteiger partial charge in [0.25, 0.3) is 0 Å². The molecule has 2 unspecified atom stereocenters. The lowest BCUT2D eigenvalue weighted by Gasteiger charge is -2.32. The number of rotatable bonds is 1. The van der Waals surface area contributed by atoms with E-state index in [4.69, 9.17) is 9.47 Å². The lowest BCUT2D eigenvalue weighted by atomic mass is 9.95. The van der Waals surface area contributed by atoms with Crippen molar-refractivity contribution < 1.29 is 9.47 Å². The van der Waals surface area contributed by atoms with Crippen molar-refractivity contribution in [1.29, 1.82) is 0 Å². The highest BCUT2D eigenvalue weighted by molar-refractivity contribution is 7.99. The highest BCUT2D eigenvalue weighted by Crippen LogP contribution is 2.45. The minimum atomic E-state index is 0.419. The summed E-state index contributed by atoms with van der Waals surface area (Å²) in [5.74, 6) is 3.58. The van der Waals surface area contributed by atoms with Crippen LogP contribution in [0.4, 0.5) is 0 Å². The number of thioether (sulfide) groups is 1. The largest absolute Gasteiger partial charge is 0.486 e. The van der Waals surface area contributed by atoms with Crippen molar-refractivity contribution >= 4 is 11.8 Å². The van der Waals surface area contributed by atoms with Crippen LogP contribution in [0.1, 0.15) is 18.5 Å². The van der Waals surface area contributed by atoms with Crippen molar-refractivity contribution in [2.75, 3.05) is 26.0 Å². The van der Waals surface area contributed by atoms with E-state index >= 15 is 0 Å². The quantitative estimate of drug-likeness (QED) is 0.830. The Morgan fingerprint density at radius 3 is 2.65 bits per heavy atom. The van der Waals surface area contributed by atoms with E-state index in [1.807, 2.05) is 18.8 Å². The summed E-state index contributed by atoms with van der Waals surface area (Å²) in [7, 11) is 2.03. The Hall–Kier alpha value is -0.870. The lowest BCUT2D eigenvalue weighted by Crippen LogP contribution is -2.28. The molecule has 0 aromatic heterocycles. The predicted octanol–water partition coefficient (Wildman–Crippen LogP) is 2.46. The van der Waals surface area contributed by atoms with Crippen LogP contribution >= 0.6 is 11.8 Å². The summed E-state index contributed by atoms with van der Waals surface area (Å²) in [4.78, 5) is 1.33. The van der Waals surface area contributed by atoms with Gasteiger partial charge in [0.15, 0.2) is 11.5 Å². The number of fused-ring (bicyclic) bond motifs is 2. The Bertz CT molecular complexity index is 436. The molecule has 0 amide bonds. The average Bonchev–Trinajstić information content (AvgIpc) is 2.36. The zero-order valence-corrected chi connectivity index (χ0v) is 11.0. The summed E-state index contributed by atoms with van der Waals surface area (Å²) in [6.07, 6.45) is 0. The van der Waals surface area contributed by atoms with Crippen molar-refractivity contribution in [3.05, 3.63) is 17.7 Å². The Morgan fingerprint density at radius 1 is 1.24 bits per heavy atom. The molecule has 0 bridgehead atoms. The van der Waals surface area contributed by atoms with Gasteiger partial charge in [-0.3, -0.25) is 0 Å². The first kappa shape index (κ1) is 11.2. The molecule has 2 heterocycles. The fourth-order valence-electron chi connectivity index (χ4n) is 2.52. The minimum absolute atomic E-state index is 0.419. The molecule has 0 saturated heterocycles. The topological polar surface area (TPSA) is 30.5 Å². The molecule has 92 valence electrons. The fourth-order valence-corrected chi connectivity index (χ4v) is 3.70. The van der Waals surface area contributed by atoms with Gasteiger partial charge in [-0.05, 0) is 30.7 Å². The van der Waals surface area contributed by atoms with Crippen LogP contribution in [-0.4, -0.2) is 26.0 Å². The first-order valence-electron chi connectivity index (χ1n) is 6.03. The third kappa shape index (κ3) is 1.89. The Morgan fingerprint density at radius 2 is 1.94 bits per heavy atom. The van der Waals surface area contributed by atoms with Gasteiger partial charge in [0.1, 0.15) is 13.2 Å². The number of hydrogen-bond acceptors (Lipinski definition) is 4. The molecular weight excluding hydrogens is 234 g/mol. The van der Waals surface area contributed by atoms with Crippen molar-refractivity contribution in [2.45, 2.75) is 17.9 Å². The van der Waals surface area contributed by atoms with Gasteiger partial charge in [-0.1, -0.05) is 6.92 Å². The molecule has 0 saturated carbocycles. The standard InChI is InChI=1S/C13H17NO2S/c1-8-7-17-12-6-11-10(15-3-4-16-11)5-9(12)13(8)14-2/h5-6,8,13-14H,3-4,7H2,1-2H3. The van der Waals surface area contributed by atoms with E-state index in [0.29, 0.717) is 25.2 Å². The van der Waals surface area contributed by atoms with Crippen molar-refractivity contribution in [2.24, 2.45) is 5.92 Å². The molecule has 1 N–H and O–H groups in total. The molecule has 0 spiro atoms. The minimum Gasteiger partial charge on any atom is -0.486 e. The molecule has 3 rings (SSSR count). The second-order valence-electron chi connectivity index (χ2n) is 4.59. The van der Waals surface area contributed by atoms with E-state index < -0.39 is 0 Å². The highest BCUT2D eigenvalue weighted by Gasteiger charge is 2.28. The SMILES string of the molecule is CNC1c2cc3c(cc2SCC1C)OCCO3. The Balaban J connectivity index is 2.05. The monoisotopic (exact) mass is 251 g/mol. The van der Waals surface area contributed by atoms with E-state index in [0.717, 1.165) is 17.3 Å². The molecule has 3 nitrogen and oxygen atoms in total. The lowest BCUT2D eigenvalue weighted by molar-refractivity contribution is 0.170. The molecule has 17 heavy (non-hydrogen) atoms. The van der Waals surface area contributed by atoms with E-state index in [9.17, 15) is 0 Å². The molecule has 4 heteroatoms. The third-order valence-electron chi connectivity index (χ3n) is 3.39. The van der Waals surface area contributed by atoms with Crippen LogP contribution in [0, 0.1) is 5.92 Å². The molecule has 2 aliphatic heterocycles. The third-order valence-corrected chi connectivity index (χ3v) is 4.75. The van der Waals surface area contributed by atoms with Crippen LogP contribution in [0.15, 0.2) is 17.0 Å². The molecule has 1 aromatic rings.